The lowest BCUT2D eigenvalue weighted by atomic mass is 10.0. The molecule has 1 aromatic rings. The summed E-state index contributed by atoms with van der Waals surface area (Å²) in [5.41, 5.74) is 0.654. The van der Waals surface area contributed by atoms with Crippen molar-refractivity contribution >= 4 is 40.9 Å². The van der Waals surface area contributed by atoms with Crippen LogP contribution in [0.25, 0.3) is 0 Å². The Hall–Kier alpha value is -2.36. The molecule has 1 aromatic heterocycles. The molecule has 146 valence electrons. The predicted octanol–water partition coefficient (Wildman–Crippen LogP) is -1.34. The number of thiophene rings is 1. The lowest BCUT2D eigenvalue weighted by Crippen LogP contribution is -3.08. The van der Waals surface area contributed by atoms with Crippen molar-refractivity contribution in [2.75, 3.05) is 18.8 Å². The lowest BCUT2D eigenvalue weighted by Gasteiger charge is -2.50. The van der Waals surface area contributed by atoms with Crippen molar-refractivity contribution < 1.29 is 24.4 Å². The zero-order valence-corrected chi connectivity index (χ0v) is 16.6. The number of rotatable bonds is 6. The summed E-state index contributed by atoms with van der Waals surface area (Å²) in [5.74, 6) is -1.47. The van der Waals surface area contributed by atoms with Gasteiger partial charge in [0.25, 0.3) is 5.91 Å². The van der Waals surface area contributed by atoms with Crippen LogP contribution in [0.2, 0.25) is 0 Å². The highest BCUT2D eigenvalue weighted by molar-refractivity contribution is 8.00. The van der Waals surface area contributed by atoms with Gasteiger partial charge in [-0.15, -0.1) is 23.1 Å². The average Bonchev–Trinajstić information content (AvgIpc) is 3.19. The number of carbonyl (C=O) groups excluding carboxylic acids is 3. The number of aliphatic carboxylic acids is 1. The Morgan fingerprint density at radius 1 is 1.36 bits per heavy atom. The zero-order valence-electron chi connectivity index (χ0n) is 14.9. The highest BCUT2D eigenvalue weighted by Crippen LogP contribution is 2.39. The van der Waals surface area contributed by atoms with Crippen molar-refractivity contribution in [1.29, 1.82) is 0 Å². The predicted molar refractivity (Wildman–Crippen MR) is 104 cm³/mol. The van der Waals surface area contributed by atoms with Gasteiger partial charge < -0.3 is 20.1 Å². The molecule has 3 aliphatic heterocycles. The van der Waals surface area contributed by atoms with Crippen LogP contribution < -0.4 is 15.3 Å². The van der Waals surface area contributed by atoms with Crippen molar-refractivity contribution in [1.82, 2.24) is 10.2 Å². The first-order chi connectivity index (χ1) is 13.5. The highest BCUT2D eigenvalue weighted by Gasteiger charge is 2.53. The number of hydrogen-bond donors (Lipinski definition) is 2. The molecule has 2 N–H and O–H groups in total. The van der Waals surface area contributed by atoms with Crippen LogP contribution in [-0.2, 0) is 20.8 Å². The molecule has 4 heterocycles. The minimum Gasteiger partial charge on any atom is -0.543 e. The Balaban J connectivity index is 1.46. The van der Waals surface area contributed by atoms with Crippen molar-refractivity contribution in [3.05, 3.63) is 58.1 Å². The second-order valence-corrected chi connectivity index (χ2v) is 8.91. The number of quaternary nitrogens is 1. The van der Waals surface area contributed by atoms with E-state index >= 15 is 0 Å². The molecule has 1 saturated heterocycles. The first-order valence-corrected chi connectivity index (χ1v) is 10.8. The van der Waals surface area contributed by atoms with Gasteiger partial charge in [-0.3, -0.25) is 14.5 Å². The van der Waals surface area contributed by atoms with Gasteiger partial charge in [0.15, 0.2) is 0 Å². The number of amides is 2. The van der Waals surface area contributed by atoms with Crippen LogP contribution >= 0.6 is 23.1 Å². The summed E-state index contributed by atoms with van der Waals surface area (Å²) in [5, 5.41) is 16.0. The number of nitrogens with one attached hydrogen (secondary N) is 2. The van der Waals surface area contributed by atoms with E-state index in [2.05, 4.69) is 5.32 Å². The summed E-state index contributed by atoms with van der Waals surface area (Å²) in [6, 6.07) is 3.04. The maximum Gasteiger partial charge on any atom is 0.253 e. The topological polar surface area (TPSA) is 94.0 Å². The highest BCUT2D eigenvalue weighted by atomic mass is 32.2. The molecule has 2 amide bonds. The fourth-order valence-electron chi connectivity index (χ4n) is 3.57. The standard InChI is InChI=1S/C19H19N3O4S2/c23-14(9-13-5-4-8-27-13)20-15-17(24)22-16(19(25)26)12(11-28-18(15)22)10-21-6-2-1-3-7-21/h1-6,8,15,18H,7,9-11H2,(H,20,23)(H,25,26)/t15-,18-/m1/s1. The van der Waals surface area contributed by atoms with E-state index in [0.717, 1.165) is 16.3 Å². The van der Waals surface area contributed by atoms with Crippen LogP contribution in [-0.4, -0.2) is 52.9 Å². The van der Waals surface area contributed by atoms with Crippen LogP contribution in [0.15, 0.2) is 53.2 Å². The molecular formula is C19H19N3O4S2. The second-order valence-electron chi connectivity index (χ2n) is 6.78. The molecule has 1 fully saturated rings. The minimum absolute atomic E-state index is 0.0343. The van der Waals surface area contributed by atoms with E-state index in [1.54, 1.807) is 0 Å². The van der Waals surface area contributed by atoms with Gasteiger partial charge in [-0.25, -0.2) is 0 Å². The second kappa shape index (κ2) is 7.94. The number of carbonyl (C=O) groups is 3. The van der Waals surface area contributed by atoms with E-state index < -0.39 is 23.3 Å². The fourth-order valence-corrected chi connectivity index (χ4v) is 5.62. The average molecular weight is 418 g/mol. The number of hydrogen-bond acceptors (Lipinski definition) is 6. The third kappa shape index (κ3) is 3.65. The molecular weight excluding hydrogens is 398 g/mol. The molecule has 3 aliphatic rings. The van der Waals surface area contributed by atoms with Gasteiger partial charge in [0, 0.05) is 16.2 Å². The third-order valence-corrected chi connectivity index (χ3v) is 7.09. The van der Waals surface area contributed by atoms with E-state index in [0.29, 0.717) is 17.9 Å². The fraction of sp³-hybridized carbons (Fsp3) is 0.316. The van der Waals surface area contributed by atoms with Crippen molar-refractivity contribution in [2.24, 2.45) is 0 Å². The Morgan fingerprint density at radius 3 is 2.89 bits per heavy atom. The summed E-state index contributed by atoms with van der Waals surface area (Å²) in [6.07, 6.45) is 8.07. The lowest BCUT2D eigenvalue weighted by molar-refractivity contribution is -0.835. The Bertz CT molecular complexity index is 891. The van der Waals surface area contributed by atoms with E-state index in [1.165, 1.54) is 28.0 Å². The van der Waals surface area contributed by atoms with Crippen molar-refractivity contribution in [2.45, 2.75) is 17.8 Å². The maximum absolute atomic E-state index is 12.6. The number of carboxylic acid groups (broad SMARTS) is 1. The monoisotopic (exact) mass is 417 g/mol. The number of β-lactam (4-membered cyclic amide) rings is 1. The molecule has 0 aliphatic carbocycles. The first kappa shape index (κ1) is 19.0. The van der Waals surface area contributed by atoms with Crippen LogP contribution in [0, 0.1) is 0 Å². The maximum atomic E-state index is 12.6. The molecule has 0 spiro atoms. The molecule has 0 bridgehead atoms. The van der Waals surface area contributed by atoms with Gasteiger partial charge in [-0.1, -0.05) is 12.1 Å². The van der Waals surface area contributed by atoms with Gasteiger partial charge in [0.05, 0.1) is 24.3 Å². The number of fused-ring (bicyclic) bond motifs is 1. The molecule has 28 heavy (non-hydrogen) atoms. The molecule has 7 nitrogen and oxygen atoms in total. The molecule has 0 aromatic carbocycles. The van der Waals surface area contributed by atoms with E-state index in [-0.39, 0.29) is 18.0 Å². The van der Waals surface area contributed by atoms with E-state index in [1.807, 2.05) is 41.9 Å². The SMILES string of the molecule is O=C(Cc1cccs1)N[C@@H]1C(=O)N2C(C(=O)[O-])=C(C[NH+]3C=CC=CC3)CS[C@H]12. The minimum atomic E-state index is -1.34. The molecule has 0 radical (unpaired) electrons. The zero-order chi connectivity index (χ0) is 19.7. The summed E-state index contributed by atoms with van der Waals surface area (Å²) < 4.78 is 0. The molecule has 0 saturated carbocycles. The molecule has 3 atom stereocenters. The molecule has 4 rings (SSSR count). The van der Waals surface area contributed by atoms with E-state index in [9.17, 15) is 19.5 Å². The number of nitrogens with zero attached hydrogens (tertiary/aromatic N) is 1. The molecule has 1 unspecified atom stereocenters. The van der Waals surface area contributed by atoms with Gasteiger partial charge >= 0.3 is 0 Å². The number of thioether (sulfide) groups is 1. The first-order valence-electron chi connectivity index (χ1n) is 8.92. The van der Waals surface area contributed by atoms with Crippen LogP contribution in [0.4, 0.5) is 0 Å². The Kier molecular flexibility index (Phi) is 5.38. The summed E-state index contributed by atoms with van der Waals surface area (Å²) >= 11 is 2.96. The number of allylic oxidation sites excluding steroid dienone is 2. The van der Waals surface area contributed by atoms with Crippen LogP contribution in [0.1, 0.15) is 4.88 Å². The van der Waals surface area contributed by atoms with Gasteiger partial charge in [0.1, 0.15) is 24.5 Å². The van der Waals surface area contributed by atoms with Crippen LogP contribution in [0.5, 0.6) is 0 Å². The van der Waals surface area contributed by atoms with E-state index in [4.69, 9.17) is 0 Å². The van der Waals surface area contributed by atoms with Crippen LogP contribution in [0.3, 0.4) is 0 Å². The third-order valence-electron chi connectivity index (χ3n) is 4.87. The van der Waals surface area contributed by atoms with Gasteiger partial charge in [-0.2, -0.15) is 0 Å². The van der Waals surface area contributed by atoms with Gasteiger partial charge in [0.2, 0.25) is 5.91 Å². The quantitative estimate of drug-likeness (QED) is 0.559. The largest absolute Gasteiger partial charge is 0.543 e. The molecule has 9 heteroatoms. The Morgan fingerprint density at radius 2 is 2.21 bits per heavy atom. The number of carboxylic acids is 1. The van der Waals surface area contributed by atoms with Crippen molar-refractivity contribution in [3.8, 4) is 0 Å². The normalized spacial score (nSPS) is 26.1. The summed E-state index contributed by atoms with van der Waals surface area (Å²) in [6.45, 7) is 1.27. The Labute approximate surface area is 170 Å². The van der Waals surface area contributed by atoms with Crippen molar-refractivity contribution in [3.63, 3.8) is 0 Å². The summed E-state index contributed by atoms with van der Waals surface area (Å²) in [7, 11) is 0. The summed E-state index contributed by atoms with van der Waals surface area (Å²) in [4.78, 5) is 39.9. The van der Waals surface area contributed by atoms with Gasteiger partial charge in [-0.05, 0) is 23.6 Å². The smallest absolute Gasteiger partial charge is 0.253 e.